The number of fused-ring (bicyclic) bond motifs is 9. The van der Waals surface area contributed by atoms with Gasteiger partial charge in [-0.25, -0.2) is 9.98 Å². The van der Waals surface area contributed by atoms with Gasteiger partial charge in [-0.15, -0.1) is 11.3 Å². The highest BCUT2D eigenvalue weighted by Crippen LogP contribution is 2.44. The largest absolute Gasteiger partial charge is 0.456 e. The average Bonchev–Trinajstić information content (AvgIpc) is 3.96. The van der Waals surface area contributed by atoms with Crippen LogP contribution in [0.5, 0.6) is 0 Å². The molecule has 0 spiro atoms. The second-order valence-electron chi connectivity index (χ2n) is 14.6. The molecule has 1 unspecified atom stereocenters. The lowest BCUT2D eigenvalue weighted by molar-refractivity contribution is 0.662. The number of thiophene rings is 1. The van der Waals surface area contributed by atoms with Crippen LogP contribution < -0.4 is 5.32 Å². The van der Waals surface area contributed by atoms with E-state index in [1.807, 2.05) is 47.7 Å². The van der Waals surface area contributed by atoms with E-state index < -0.39 is 0 Å². The van der Waals surface area contributed by atoms with Gasteiger partial charge in [-0.05, 0) is 65.7 Å². The standard InChI is InChI=1S/C51H32N4OS/c1-3-13-31(14-4-1)49-52-50(32-15-5-2-6-16-32)54-51(53-49)38-20-11-23-44-47(38)39-29-33(25-27-43(39)56-44)35-19-12-24-46-48(35)40-30-34(26-28-45(40)57-46)55-41-21-9-7-17-36(41)37-18-8-10-22-42(37)55/h1-30,51H,(H,52,53,54). The molecule has 4 heterocycles. The lowest BCUT2D eigenvalue weighted by Crippen LogP contribution is -2.33. The van der Waals surface area contributed by atoms with Crippen LogP contribution in [0.15, 0.2) is 196 Å². The predicted molar refractivity (Wildman–Crippen MR) is 238 cm³/mol. The molecule has 1 N–H and O–H groups in total. The zero-order valence-corrected chi connectivity index (χ0v) is 31.4. The first-order chi connectivity index (χ1) is 28.2. The Morgan fingerprint density at radius 2 is 1.23 bits per heavy atom. The van der Waals surface area contributed by atoms with Crippen molar-refractivity contribution in [3.8, 4) is 16.8 Å². The van der Waals surface area contributed by atoms with Crippen molar-refractivity contribution < 1.29 is 4.42 Å². The molecule has 0 saturated heterocycles. The van der Waals surface area contributed by atoms with Gasteiger partial charge < -0.3 is 14.3 Å². The SMILES string of the molecule is c1ccc(C2=NC(c3cccc4oc5ccc(-c6cccc7sc8ccc(-n9c%10ccccc%10c%10ccccc%109)cc8c67)cc5c34)NC(c3ccccc3)=N2)cc1. The maximum atomic E-state index is 6.56. The smallest absolute Gasteiger partial charge is 0.159 e. The summed E-state index contributed by atoms with van der Waals surface area (Å²) in [4.78, 5) is 10.2. The van der Waals surface area contributed by atoms with Crippen LogP contribution in [0, 0.1) is 0 Å². The van der Waals surface area contributed by atoms with Crippen molar-refractivity contribution in [3.63, 3.8) is 0 Å². The van der Waals surface area contributed by atoms with Crippen molar-refractivity contribution in [2.24, 2.45) is 9.98 Å². The number of furan rings is 1. The number of aliphatic imine (C=N–C) groups is 2. The molecule has 11 aromatic rings. The first-order valence-corrected chi connectivity index (χ1v) is 20.0. The van der Waals surface area contributed by atoms with Crippen LogP contribution in [-0.4, -0.2) is 16.2 Å². The fourth-order valence-electron chi connectivity index (χ4n) is 8.71. The summed E-state index contributed by atoms with van der Waals surface area (Å²) in [5.74, 6) is 1.48. The molecular weight excluding hydrogens is 717 g/mol. The van der Waals surface area contributed by atoms with Crippen molar-refractivity contribution in [1.29, 1.82) is 0 Å². The molecule has 0 bridgehead atoms. The number of para-hydroxylation sites is 2. The van der Waals surface area contributed by atoms with Crippen molar-refractivity contribution in [2.75, 3.05) is 0 Å². The fourth-order valence-corrected chi connectivity index (χ4v) is 9.83. The van der Waals surface area contributed by atoms with Crippen LogP contribution in [0.3, 0.4) is 0 Å². The molecule has 1 atom stereocenters. The van der Waals surface area contributed by atoms with Gasteiger partial charge in [-0.1, -0.05) is 127 Å². The molecule has 5 nitrogen and oxygen atoms in total. The Hall–Kier alpha value is -7.28. The molecule has 3 aromatic heterocycles. The van der Waals surface area contributed by atoms with Gasteiger partial charge >= 0.3 is 0 Å². The molecule has 0 aliphatic carbocycles. The summed E-state index contributed by atoms with van der Waals surface area (Å²) in [7, 11) is 0. The minimum absolute atomic E-state index is 0.385. The normalized spacial score (nSPS) is 14.5. The van der Waals surface area contributed by atoms with Crippen molar-refractivity contribution in [2.45, 2.75) is 6.17 Å². The van der Waals surface area contributed by atoms with Crippen LogP contribution in [-0.2, 0) is 0 Å². The molecule has 12 rings (SSSR count). The molecule has 0 amide bonds. The van der Waals surface area contributed by atoms with E-state index in [0.717, 1.165) is 55.7 Å². The van der Waals surface area contributed by atoms with E-state index in [9.17, 15) is 0 Å². The number of hydrogen-bond donors (Lipinski definition) is 1. The number of rotatable bonds is 5. The van der Waals surface area contributed by atoms with E-state index in [-0.39, 0.29) is 6.17 Å². The quantitative estimate of drug-likeness (QED) is 0.191. The van der Waals surface area contributed by atoms with E-state index in [1.54, 1.807) is 0 Å². The average molecular weight is 749 g/mol. The number of hydrogen-bond acceptors (Lipinski definition) is 5. The summed E-state index contributed by atoms with van der Waals surface area (Å²) >= 11 is 1.85. The van der Waals surface area contributed by atoms with Crippen molar-refractivity contribution in [1.82, 2.24) is 9.88 Å². The highest BCUT2D eigenvalue weighted by molar-refractivity contribution is 7.26. The zero-order valence-electron chi connectivity index (χ0n) is 30.6. The molecule has 268 valence electrons. The number of aromatic nitrogens is 1. The Kier molecular flexibility index (Phi) is 7.09. The lowest BCUT2D eigenvalue weighted by Gasteiger charge is -2.24. The van der Waals surface area contributed by atoms with Gasteiger partial charge in [0.2, 0.25) is 0 Å². The Labute approximate surface area is 331 Å². The molecule has 1 aliphatic rings. The van der Waals surface area contributed by atoms with Crippen LogP contribution in [0.4, 0.5) is 0 Å². The Balaban J connectivity index is 1.03. The molecule has 0 radical (unpaired) electrons. The first-order valence-electron chi connectivity index (χ1n) is 19.2. The third kappa shape index (κ3) is 5.08. The maximum absolute atomic E-state index is 6.56. The van der Waals surface area contributed by atoms with Gasteiger partial charge in [0.15, 0.2) is 5.84 Å². The van der Waals surface area contributed by atoms with Crippen LogP contribution in [0.25, 0.3) is 80.7 Å². The summed E-state index contributed by atoms with van der Waals surface area (Å²) in [5, 5.41) is 10.8. The lowest BCUT2D eigenvalue weighted by atomic mass is 9.96. The van der Waals surface area contributed by atoms with Gasteiger partial charge in [-0.2, -0.15) is 0 Å². The third-order valence-corrected chi connectivity index (χ3v) is 12.4. The molecule has 6 heteroatoms. The van der Waals surface area contributed by atoms with E-state index in [1.165, 1.54) is 47.5 Å². The first kappa shape index (κ1) is 32.0. The highest BCUT2D eigenvalue weighted by Gasteiger charge is 2.25. The minimum atomic E-state index is -0.385. The Morgan fingerprint density at radius 1 is 0.509 bits per heavy atom. The Bertz CT molecular complexity index is 3390. The predicted octanol–water partition coefficient (Wildman–Crippen LogP) is 13.2. The fraction of sp³-hybridized carbons (Fsp3) is 0.0196. The van der Waals surface area contributed by atoms with Gasteiger partial charge in [0.1, 0.15) is 23.2 Å². The van der Waals surface area contributed by atoms with E-state index in [2.05, 4.69) is 155 Å². The minimum Gasteiger partial charge on any atom is -0.456 e. The van der Waals surface area contributed by atoms with E-state index >= 15 is 0 Å². The van der Waals surface area contributed by atoms with E-state index in [4.69, 9.17) is 14.4 Å². The zero-order chi connectivity index (χ0) is 37.5. The van der Waals surface area contributed by atoms with Crippen molar-refractivity contribution >= 4 is 86.9 Å². The van der Waals surface area contributed by atoms with Gasteiger partial charge in [0, 0.05) is 64.1 Å². The number of amidine groups is 2. The van der Waals surface area contributed by atoms with Crippen LogP contribution >= 0.6 is 11.3 Å². The third-order valence-electron chi connectivity index (χ3n) is 11.3. The molecule has 1 aliphatic heterocycles. The van der Waals surface area contributed by atoms with E-state index in [0.29, 0.717) is 5.84 Å². The highest BCUT2D eigenvalue weighted by atomic mass is 32.1. The summed E-state index contributed by atoms with van der Waals surface area (Å²) in [6.45, 7) is 0. The second kappa shape index (κ2) is 12.6. The maximum Gasteiger partial charge on any atom is 0.159 e. The molecule has 0 fully saturated rings. The van der Waals surface area contributed by atoms with Gasteiger partial charge in [-0.3, -0.25) is 0 Å². The van der Waals surface area contributed by atoms with Crippen molar-refractivity contribution in [3.05, 3.63) is 199 Å². The monoisotopic (exact) mass is 748 g/mol. The molecule has 0 saturated carbocycles. The second-order valence-corrected chi connectivity index (χ2v) is 15.6. The summed E-state index contributed by atoms with van der Waals surface area (Å²) in [6, 6.07) is 64.4. The van der Waals surface area contributed by atoms with Crippen LogP contribution in [0.2, 0.25) is 0 Å². The number of nitrogens with zero attached hydrogens (tertiary/aromatic N) is 3. The van der Waals surface area contributed by atoms with Crippen LogP contribution in [0.1, 0.15) is 22.9 Å². The summed E-state index contributed by atoms with van der Waals surface area (Å²) in [5.41, 5.74) is 10.6. The summed E-state index contributed by atoms with van der Waals surface area (Å²) < 4.78 is 11.5. The summed E-state index contributed by atoms with van der Waals surface area (Å²) in [6.07, 6.45) is -0.385. The van der Waals surface area contributed by atoms with Gasteiger partial charge in [0.05, 0.1) is 11.0 Å². The van der Waals surface area contributed by atoms with Gasteiger partial charge in [0.25, 0.3) is 0 Å². The molecule has 8 aromatic carbocycles. The number of benzene rings is 8. The Morgan fingerprint density at radius 3 is 2.02 bits per heavy atom. The molecular formula is C51H32N4OS. The topological polar surface area (TPSA) is 54.8 Å². The molecule has 57 heavy (non-hydrogen) atoms. The number of nitrogens with one attached hydrogen (secondary N) is 1.